The van der Waals surface area contributed by atoms with Crippen LogP contribution in [0.2, 0.25) is 0 Å². The van der Waals surface area contributed by atoms with Gasteiger partial charge in [0.1, 0.15) is 0 Å². The average molecular weight is 458 g/mol. The molecule has 1 fully saturated rings. The van der Waals surface area contributed by atoms with E-state index in [4.69, 9.17) is 14.7 Å². The lowest BCUT2D eigenvalue weighted by molar-refractivity contribution is -0.266. The molecule has 3 aromatic rings. The minimum absolute atomic E-state index is 0.247. The van der Waals surface area contributed by atoms with Crippen molar-refractivity contribution in [1.82, 2.24) is 4.98 Å². The van der Waals surface area contributed by atoms with Gasteiger partial charge in [0, 0.05) is 28.6 Å². The summed E-state index contributed by atoms with van der Waals surface area (Å²) < 4.78 is 53.6. The van der Waals surface area contributed by atoms with Gasteiger partial charge in [-0.2, -0.15) is 18.4 Å². The number of aromatic amines is 1. The molecule has 5 nitrogen and oxygen atoms in total. The Kier molecular flexibility index (Phi) is 5.99. The first-order valence-electron chi connectivity index (χ1n) is 10.7. The summed E-state index contributed by atoms with van der Waals surface area (Å²) in [6.07, 6.45) is -6.57. The summed E-state index contributed by atoms with van der Waals surface area (Å²) in [4.78, 5) is 2.94. The molecule has 1 unspecified atom stereocenters. The zero-order chi connectivity index (χ0) is 23.9. The highest BCUT2D eigenvalue weighted by Crippen LogP contribution is 2.43. The molecule has 1 aliphatic rings. The van der Waals surface area contributed by atoms with Gasteiger partial charge in [0.15, 0.2) is 11.9 Å². The second-order valence-corrected chi connectivity index (χ2v) is 9.17. The van der Waals surface area contributed by atoms with Crippen molar-refractivity contribution in [2.45, 2.75) is 50.2 Å². The molecule has 0 radical (unpaired) electrons. The minimum atomic E-state index is -4.85. The predicted molar refractivity (Wildman–Crippen MR) is 116 cm³/mol. The highest BCUT2D eigenvalue weighted by Gasteiger charge is 2.56. The molecule has 1 aliphatic heterocycles. The molecule has 0 bridgehead atoms. The zero-order valence-electron chi connectivity index (χ0n) is 18.4. The maximum absolute atomic E-state index is 14.2. The largest absolute Gasteiger partial charge is 0.417 e. The van der Waals surface area contributed by atoms with E-state index in [0.29, 0.717) is 35.2 Å². The van der Waals surface area contributed by atoms with Crippen molar-refractivity contribution in [2.75, 3.05) is 13.2 Å². The normalized spacial score (nSPS) is 17.2. The van der Waals surface area contributed by atoms with Gasteiger partial charge in [-0.25, -0.2) is 0 Å². The molecular formula is C25H25F3N2O3. The average Bonchev–Trinajstić information content (AvgIpc) is 3.41. The number of hydrogen-bond donors (Lipinski definition) is 2. The fourth-order valence-electron chi connectivity index (χ4n) is 4.43. The van der Waals surface area contributed by atoms with Crippen LogP contribution in [0.25, 0.3) is 10.9 Å². The van der Waals surface area contributed by atoms with E-state index in [2.05, 4.69) is 4.98 Å². The van der Waals surface area contributed by atoms with Crippen LogP contribution >= 0.6 is 0 Å². The first-order valence-corrected chi connectivity index (χ1v) is 10.7. The summed E-state index contributed by atoms with van der Waals surface area (Å²) >= 11 is 0. The summed E-state index contributed by atoms with van der Waals surface area (Å²) in [5.74, 6) is 0. The molecule has 2 aromatic carbocycles. The number of benzene rings is 2. The standard InChI is InChI=1S/C25H25F3N2O3/c1-23(2,19-5-3-4-17(11-19)22-32-8-9-33-22)15-24(31,25(26,27)28)13-20-12-18-10-16(14-29)6-7-21(18)30-20/h3-7,10-12,22,30-31H,8-9,13,15H2,1-2H3. The topological polar surface area (TPSA) is 78.3 Å². The fourth-order valence-corrected chi connectivity index (χ4v) is 4.43. The monoisotopic (exact) mass is 458 g/mol. The van der Waals surface area contributed by atoms with Gasteiger partial charge >= 0.3 is 6.18 Å². The van der Waals surface area contributed by atoms with Gasteiger partial charge in [0.2, 0.25) is 0 Å². The van der Waals surface area contributed by atoms with Crippen molar-refractivity contribution >= 4 is 10.9 Å². The number of nitrogens with one attached hydrogen (secondary N) is 1. The maximum atomic E-state index is 14.2. The summed E-state index contributed by atoms with van der Waals surface area (Å²) in [5.41, 5.74) is -1.32. The summed E-state index contributed by atoms with van der Waals surface area (Å²) in [7, 11) is 0. The van der Waals surface area contributed by atoms with Crippen LogP contribution in [0.15, 0.2) is 48.5 Å². The van der Waals surface area contributed by atoms with E-state index in [9.17, 15) is 18.3 Å². The maximum Gasteiger partial charge on any atom is 0.417 e. The van der Waals surface area contributed by atoms with Crippen LogP contribution in [0.5, 0.6) is 0 Å². The smallest absolute Gasteiger partial charge is 0.380 e. The number of ether oxygens (including phenoxy) is 2. The van der Waals surface area contributed by atoms with E-state index >= 15 is 0 Å². The lowest BCUT2D eigenvalue weighted by Crippen LogP contribution is -2.50. The number of halogens is 3. The number of aliphatic hydroxyl groups is 1. The van der Waals surface area contributed by atoms with Gasteiger partial charge in [0.25, 0.3) is 0 Å². The van der Waals surface area contributed by atoms with E-state index in [-0.39, 0.29) is 5.69 Å². The molecule has 33 heavy (non-hydrogen) atoms. The molecule has 1 saturated heterocycles. The predicted octanol–water partition coefficient (Wildman–Crippen LogP) is 5.29. The number of hydrogen-bond acceptors (Lipinski definition) is 4. The van der Waals surface area contributed by atoms with Crippen molar-refractivity contribution in [1.29, 1.82) is 5.26 Å². The number of H-pyrrole nitrogens is 1. The number of rotatable bonds is 6. The molecule has 0 aliphatic carbocycles. The van der Waals surface area contributed by atoms with E-state index < -0.39 is 36.3 Å². The van der Waals surface area contributed by atoms with Gasteiger partial charge in [-0.1, -0.05) is 38.1 Å². The number of fused-ring (bicyclic) bond motifs is 1. The summed E-state index contributed by atoms with van der Waals surface area (Å²) in [5, 5.41) is 20.6. The van der Waals surface area contributed by atoms with E-state index in [1.54, 1.807) is 56.3 Å². The molecule has 0 amide bonds. The lowest BCUT2D eigenvalue weighted by Gasteiger charge is -2.38. The molecule has 2 N–H and O–H groups in total. The Bertz CT molecular complexity index is 1190. The van der Waals surface area contributed by atoms with Crippen molar-refractivity contribution in [3.8, 4) is 6.07 Å². The van der Waals surface area contributed by atoms with E-state index in [0.717, 1.165) is 5.56 Å². The molecule has 0 saturated carbocycles. The van der Waals surface area contributed by atoms with Gasteiger partial charge < -0.3 is 19.6 Å². The molecule has 1 aromatic heterocycles. The Balaban J connectivity index is 1.63. The summed E-state index contributed by atoms with van der Waals surface area (Å²) in [6, 6.07) is 15.5. The van der Waals surface area contributed by atoms with E-state index in [1.807, 2.05) is 12.1 Å². The van der Waals surface area contributed by atoms with Crippen LogP contribution < -0.4 is 0 Å². The Morgan fingerprint density at radius 2 is 1.82 bits per heavy atom. The van der Waals surface area contributed by atoms with Gasteiger partial charge in [0.05, 0.1) is 24.8 Å². The van der Waals surface area contributed by atoms with Crippen LogP contribution in [-0.4, -0.2) is 35.1 Å². The van der Waals surface area contributed by atoms with Crippen LogP contribution in [0.1, 0.15) is 48.9 Å². The molecule has 174 valence electrons. The number of alkyl halides is 3. The molecule has 0 spiro atoms. The van der Waals surface area contributed by atoms with E-state index in [1.165, 1.54) is 0 Å². The van der Waals surface area contributed by atoms with Crippen LogP contribution in [0.3, 0.4) is 0 Å². The Labute approximate surface area is 189 Å². The molecule has 2 heterocycles. The molecule has 8 heteroatoms. The van der Waals surface area contributed by atoms with Crippen LogP contribution in [-0.2, 0) is 21.3 Å². The summed E-state index contributed by atoms with van der Waals surface area (Å²) in [6.45, 7) is 4.30. The van der Waals surface area contributed by atoms with Crippen LogP contribution in [0, 0.1) is 11.3 Å². The molecule has 4 rings (SSSR count). The quantitative estimate of drug-likeness (QED) is 0.526. The molecule has 1 atom stereocenters. The van der Waals surface area contributed by atoms with Crippen LogP contribution in [0.4, 0.5) is 13.2 Å². The lowest BCUT2D eigenvalue weighted by atomic mass is 9.73. The Hall–Kier alpha value is -2.86. The highest BCUT2D eigenvalue weighted by atomic mass is 19.4. The zero-order valence-corrected chi connectivity index (χ0v) is 18.4. The van der Waals surface area contributed by atoms with Crippen molar-refractivity contribution < 1.29 is 27.8 Å². The van der Waals surface area contributed by atoms with Crippen molar-refractivity contribution in [3.63, 3.8) is 0 Å². The van der Waals surface area contributed by atoms with Gasteiger partial charge in [-0.15, -0.1) is 0 Å². The van der Waals surface area contributed by atoms with Crippen molar-refractivity contribution in [2.24, 2.45) is 0 Å². The SMILES string of the molecule is CC(C)(CC(O)(Cc1cc2cc(C#N)ccc2[nH]1)C(F)(F)F)c1cccc(C2OCCO2)c1. The molecular weight excluding hydrogens is 433 g/mol. The van der Waals surface area contributed by atoms with Gasteiger partial charge in [-0.05, 0) is 41.7 Å². The highest BCUT2D eigenvalue weighted by molar-refractivity contribution is 5.81. The first-order chi connectivity index (χ1) is 15.5. The third-order valence-electron chi connectivity index (χ3n) is 6.11. The second kappa shape index (κ2) is 8.49. The number of nitriles is 1. The minimum Gasteiger partial charge on any atom is -0.380 e. The Morgan fingerprint density at radius 3 is 2.48 bits per heavy atom. The van der Waals surface area contributed by atoms with Gasteiger partial charge in [-0.3, -0.25) is 0 Å². The third kappa shape index (κ3) is 4.76. The Morgan fingerprint density at radius 1 is 1.09 bits per heavy atom. The van der Waals surface area contributed by atoms with Crippen molar-refractivity contribution in [3.05, 3.63) is 70.9 Å². The number of aromatic nitrogens is 1. The fraction of sp³-hybridized carbons (Fsp3) is 0.400. The number of nitrogens with zero attached hydrogens (tertiary/aromatic N) is 1. The second-order valence-electron chi connectivity index (χ2n) is 9.17. The first kappa shape index (κ1) is 23.3. The third-order valence-corrected chi connectivity index (χ3v) is 6.11.